The van der Waals surface area contributed by atoms with E-state index in [1.807, 2.05) is 22.6 Å². The lowest BCUT2D eigenvalue weighted by molar-refractivity contribution is -0.330. The van der Waals surface area contributed by atoms with Crippen molar-refractivity contribution in [2.45, 2.75) is 36.6 Å². The summed E-state index contributed by atoms with van der Waals surface area (Å²) in [6.45, 7) is 3.25. The van der Waals surface area contributed by atoms with Gasteiger partial charge in [0.15, 0.2) is 0 Å². The first-order valence-electron chi connectivity index (χ1n) is 7.23. The van der Waals surface area contributed by atoms with Gasteiger partial charge >= 0.3 is 17.4 Å². The van der Waals surface area contributed by atoms with E-state index in [9.17, 15) is 30.7 Å². The first-order chi connectivity index (χ1) is 11.7. The molecule has 1 aromatic carbocycles. The van der Waals surface area contributed by atoms with E-state index in [0.717, 1.165) is 9.13 Å². The number of benzene rings is 1. The second-order valence-electron chi connectivity index (χ2n) is 6.03. The van der Waals surface area contributed by atoms with Gasteiger partial charge in [0, 0.05) is 20.3 Å². The first-order valence-corrected chi connectivity index (χ1v) is 9.12. The lowest BCUT2D eigenvalue weighted by Crippen LogP contribution is -2.50. The van der Waals surface area contributed by atoms with Gasteiger partial charge in [0.1, 0.15) is 0 Å². The highest BCUT2D eigenvalue weighted by Crippen LogP contribution is 2.55. The molecule has 0 bridgehead atoms. The third kappa shape index (κ3) is 4.07. The van der Waals surface area contributed by atoms with Crippen LogP contribution in [-0.4, -0.2) is 17.4 Å². The molecule has 0 aromatic heterocycles. The van der Waals surface area contributed by atoms with E-state index < -0.39 is 34.5 Å². The van der Waals surface area contributed by atoms with E-state index in [1.165, 1.54) is 12.2 Å². The van der Waals surface area contributed by atoms with Crippen LogP contribution >= 0.6 is 34.4 Å². The molecule has 1 aliphatic carbocycles. The lowest BCUT2D eigenvalue weighted by atomic mass is 9.75. The minimum absolute atomic E-state index is 0.346. The summed E-state index contributed by atoms with van der Waals surface area (Å²) in [6.07, 6.45) is -2.15. The highest BCUT2D eigenvalue weighted by atomic mass is 127. The van der Waals surface area contributed by atoms with Gasteiger partial charge in [0.25, 0.3) is 0 Å². The molecule has 0 amide bonds. The minimum Gasteiger partial charge on any atom is -0.188 e. The number of rotatable bonds is 4. The molecule has 1 unspecified atom stereocenters. The van der Waals surface area contributed by atoms with Crippen LogP contribution < -0.4 is 0 Å². The molecule has 0 heterocycles. The van der Waals surface area contributed by atoms with Gasteiger partial charge in [-0.2, -0.15) is 30.7 Å². The monoisotopic (exact) mass is 509 g/mol. The molecule has 143 valence electrons. The van der Waals surface area contributed by atoms with Crippen LogP contribution in [0.1, 0.15) is 19.4 Å². The maximum atomic E-state index is 13.8. The van der Waals surface area contributed by atoms with Crippen molar-refractivity contribution in [3.05, 3.63) is 62.5 Å². The zero-order valence-electron chi connectivity index (χ0n) is 13.5. The number of halogens is 8. The third-order valence-corrected chi connectivity index (χ3v) is 5.69. The number of thioether (sulfide) groups is 1. The Hall–Kier alpha value is -0.710. The largest absolute Gasteiger partial charge is 0.460 e. The van der Waals surface area contributed by atoms with E-state index in [-0.39, 0.29) is 4.91 Å². The van der Waals surface area contributed by atoms with Gasteiger partial charge in [-0.25, -0.2) is 0 Å². The van der Waals surface area contributed by atoms with Crippen molar-refractivity contribution in [1.82, 2.24) is 0 Å². The average molecular weight is 509 g/mol. The van der Waals surface area contributed by atoms with Crippen LogP contribution in [0.25, 0.3) is 0 Å². The van der Waals surface area contributed by atoms with Gasteiger partial charge < -0.3 is 0 Å². The van der Waals surface area contributed by atoms with Crippen molar-refractivity contribution in [2.24, 2.45) is 0 Å². The summed E-state index contributed by atoms with van der Waals surface area (Å²) >= 11 is 1.27. The zero-order chi connectivity index (χ0) is 20.0. The maximum absolute atomic E-state index is 13.8. The van der Waals surface area contributed by atoms with E-state index >= 15 is 0 Å². The SMILES string of the molecule is CC1=CC(SC(F)(F)C(F)(F)C(F)(F)F)=CC(C)(c2ccccc2I)[CH]1. The molecule has 0 fully saturated rings. The molecule has 1 radical (unpaired) electrons. The Morgan fingerprint density at radius 2 is 1.58 bits per heavy atom. The summed E-state index contributed by atoms with van der Waals surface area (Å²) < 4.78 is 91.7. The lowest BCUT2D eigenvalue weighted by Gasteiger charge is -2.33. The highest BCUT2D eigenvalue weighted by molar-refractivity contribution is 14.1. The van der Waals surface area contributed by atoms with Crippen LogP contribution in [0.5, 0.6) is 0 Å². The molecule has 0 aliphatic heterocycles. The molecule has 0 spiro atoms. The van der Waals surface area contributed by atoms with Gasteiger partial charge in [0.05, 0.1) is 0 Å². The quantitative estimate of drug-likeness (QED) is 0.308. The van der Waals surface area contributed by atoms with E-state index in [2.05, 4.69) is 0 Å². The highest BCUT2D eigenvalue weighted by Gasteiger charge is 2.73. The fourth-order valence-electron chi connectivity index (χ4n) is 2.61. The fraction of sp³-hybridized carbons (Fsp3) is 0.353. The second-order valence-corrected chi connectivity index (χ2v) is 8.38. The van der Waals surface area contributed by atoms with Gasteiger partial charge in [-0.15, -0.1) is 0 Å². The number of allylic oxidation sites excluding steroid dienone is 3. The second kappa shape index (κ2) is 7.03. The molecule has 26 heavy (non-hydrogen) atoms. The smallest absolute Gasteiger partial charge is 0.188 e. The van der Waals surface area contributed by atoms with E-state index in [1.54, 1.807) is 44.5 Å². The van der Waals surface area contributed by atoms with Crippen LogP contribution in [0.3, 0.4) is 0 Å². The Labute approximate surface area is 164 Å². The maximum Gasteiger partial charge on any atom is 0.460 e. The predicted molar refractivity (Wildman–Crippen MR) is 96.2 cm³/mol. The van der Waals surface area contributed by atoms with Crippen molar-refractivity contribution in [3.63, 3.8) is 0 Å². The van der Waals surface area contributed by atoms with Crippen molar-refractivity contribution >= 4 is 34.4 Å². The molecule has 2 rings (SSSR count). The Morgan fingerprint density at radius 3 is 2.12 bits per heavy atom. The molecule has 1 aromatic rings. The Balaban J connectivity index is 2.43. The molecular weight excluding hydrogens is 496 g/mol. The van der Waals surface area contributed by atoms with Crippen LogP contribution in [-0.2, 0) is 5.41 Å². The van der Waals surface area contributed by atoms with Crippen LogP contribution in [0, 0.1) is 9.99 Å². The topological polar surface area (TPSA) is 0 Å². The van der Waals surface area contributed by atoms with Crippen LogP contribution in [0.2, 0.25) is 0 Å². The number of hydrogen-bond donors (Lipinski definition) is 0. The summed E-state index contributed by atoms with van der Waals surface area (Å²) in [5.41, 5.74) is 0.308. The summed E-state index contributed by atoms with van der Waals surface area (Å²) in [5.74, 6) is -6.15. The Bertz CT molecular complexity index is 752. The third-order valence-electron chi connectivity index (χ3n) is 3.76. The Kier molecular flexibility index (Phi) is 5.84. The van der Waals surface area contributed by atoms with E-state index in [4.69, 9.17) is 0 Å². The molecule has 0 N–H and O–H groups in total. The average Bonchev–Trinajstić information content (AvgIpc) is 2.44. The van der Waals surface area contributed by atoms with Gasteiger partial charge in [-0.05, 0) is 59.0 Å². The van der Waals surface area contributed by atoms with Crippen LogP contribution in [0.4, 0.5) is 30.7 Å². The first kappa shape index (κ1) is 21.6. The summed E-state index contributed by atoms with van der Waals surface area (Å²) in [4.78, 5) is -0.346. The number of alkyl halides is 7. The summed E-state index contributed by atoms with van der Waals surface area (Å²) in [6, 6.07) is 7.04. The molecule has 9 heteroatoms. The van der Waals surface area contributed by atoms with E-state index in [0.29, 0.717) is 5.57 Å². The number of hydrogen-bond acceptors (Lipinski definition) is 1. The normalized spacial score (nSPS) is 22.1. The summed E-state index contributed by atoms with van der Waals surface area (Å²) in [7, 11) is 0. The molecular formula is C17H13F7IS. The van der Waals surface area contributed by atoms with Gasteiger partial charge in [-0.3, -0.25) is 0 Å². The molecule has 1 aliphatic rings. The molecule has 1 atom stereocenters. The Morgan fingerprint density at radius 1 is 1.00 bits per heavy atom. The van der Waals surface area contributed by atoms with Gasteiger partial charge in [-0.1, -0.05) is 36.8 Å². The zero-order valence-corrected chi connectivity index (χ0v) is 16.4. The fourth-order valence-corrected chi connectivity index (χ4v) is 4.66. The standard InChI is InChI=1S/C17H13F7IS/c1-10-7-11(26-17(23,24)15(18,19)16(20,21)22)9-14(2,8-10)12-5-3-4-6-13(12)25/h3-9H,1-2H3. The van der Waals surface area contributed by atoms with Crippen molar-refractivity contribution < 1.29 is 30.7 Å². The summed E-state index contributed by atoms with van der Waals surface area (Å²) in [5, 5.41) is -5.34. The van der Waals surface area contributed by atoms with Gasteiger partial charge in [0.2, 0.25) is 0 Å². The molecule has 0 saturated heterocycles. The minimum atomic E-state index is -6.35. The van der Waals surface area contributed by atoms with Crippen molar-refractivity contribution in [1.29, 1.82) is 0 Å². The van der Waals surface area contributed by atoms with Crippen LogP contribution in [0.15, 0.2) is 46.9 Å². The van der Waals surface area contributed by atoms with Crippen molar-refractivity contribution in [2.75, 3.05) is 0 Å². The molecule has 0 nitrogen and oxygen atoms in total. The predicted octanol–water partition coefficient (Wildman–Crippen LogP) is 7.12. The molecule has 0 saturated carbocycles. The van der Waals surface area contributed by atoms with Crippen molar-refractivity contribution in [3.8, 4) is 0 Å².